The molecule has 0 aliphatic heterocycles. The third-order valence-electron chi connectivity index (χ3n) is 3.92. The highest BCUT2D eigenvalue weighted by atomic mass is 127. The summed E-state index contributed by atoms with van der Waals surface area (Å²) in [6.45, 7) is 0.591. The maximum atomic E-state index is 12.2. The molecule has 0 atom stereocenters. The number of hydrogen-bond donors (Lipinski definition) is 2. The Morgan fingerprint density at radius 1 is 1.29 bits per heavy atom. The third kappa shape index (κ3) is 4.57. The van der Waals surface area contributed by atoms with E-state index < -0.39 is 5.97 Å². The van der Waals surface area contributed by atoms with Crippen molar-refractivity contribution < 1.29 is 14.7 Å². The largest absolute Gasteiger partial charge is 0.481 e. The highest BCUT2D eigenvalue weighted by Gasteiger charge is 2.26. The highest BCUT2D eigenvalue weighted by Crippen LogP contribution is 2.28. The van der Waals surface area contributed by atoms with E-state index in [1.807, 2.05) is 6.07 Å². The van der Waals surface area contributed by atoms with Crippen molar-refractivity contribution in [3.8, 4) is 0 Å². The summed E-state index contributed by atoms with van der Waals surface area (Å²) in [7, 11) is 0. The predicted molar refractivity (Wildman–Crippen MR) is 89.6 cm³/mol. The zero-order valence-electron chi connectivity index (χ0n) is 11.4. The van der Waals surface area contributed by atoms with Crippen LogP contribution in [0.3, 0.4) is 0 Å². The number of carbonyl (C=O) groups excluding carboxylic acids is 1. The van der Waals surface area contributed by atoms with Crippen molar-refractivity contribution in [3.63, 3.8) is 0 Å². The molecule has 0 radical (unpaired) electrons. The number of hydrogen-bond acceptors (Lipinski definition) is 2. The molecule has 1 saturated carbocycles. The molecule has 1 aliphatic rings. The normalized spacial score (nSPS) is 21.8. The van der Waals surface area contributed by atoms with Crippen molar-refractivity contribution in [2.24, 2.45) is 11.8 Å². The first-order chi connectivity index (χ1) is 9.97. The predicted octanol–water partition coefficient (Wildman–Crippen LogP) is 3.57. The van der Waals surface area contributed by atoms with Crippen molar-refractivity contribution in [2.75, 3.05) is 6.54 Å². The zero-order valence-corrected chi connectivity index (χ0v) is 14.4. The van der Waals surface area contributed by atoms with Crippen LogP contribution in [0.5, 0.6) is 0 Å². The second kappa shape index (κ2) is 7.45. The molecule has 0 heterocycles. The Morgan fingerprint density at radius 3 is 2.57 bits per heavy atom. The summed E-state index contributed by atoms with van der Waals surface area (Å²) in [6, 6.07) is 5.24. The van der Waals surface area contributed by atoms with Gasteiger partial charge in [0, 0.05) is 15.1 Å². The number of carbonyl (C=O) groups is 2. The van der Waals surface area contributed by atoms with Crippen molar-refractivity contribution in [1.82, 2.24) is 5.32 Å². The van der Waals surface area contributed by atoms with Gasteiger partial charge in [0.05, 0.1) is 11.5 Å². The number of amides is 1. The van der Waals surface area contributed by atoms with E-state index in [1.54, 1.807) is 12.1 Å². The minimum Gasteiger partial charge on any atom is -0.481 e. The summed E-state index contributed by atoms with van der Waals surface area (Å²) < 4.78 is 0.865. The number of carboxylic acids is 1. The maximum Gasteiger partial charge on any atom is 0.306 e. The lowest BCUT2D eigenvalue weighted by Gasteiger charge is -2.26. The first kappa shape index (κ1) is 16.5. The van der Waals surface area contributed by atoms with Gasteiger partial charge in [0.2, 0.25) is 0 Å². The standard InChI is InChI=1S/C15H17ClINO3/c16-11-5-6-13(17)12(7-11)14(19)18-8-9-1-3-10(4-2-9)15(20)21/h5-7,9-10H,1-4,8H2,(H,18,19)(H,20,21). The van der Waals surface area contributed by atoms with E-state index in [0.29, 0.717) is 35.9 Å². The molecule has 6 heteroatoms. The SMILES string of the molecule is O=C(NCC1CCC(C(=O)O)CC1)c1cc(Cl)ccc1I. The monoisotopic (exact) mass is 421 g/mol. The minimum atomic E-state index is -0.703. The van der Waals surface area contributed by atoms with Crippen molar-refractivity contribution >= 4 is 46.1 Å². The summed E-state index contributed by atoms with van der Waals surface area (Å²) in [5.41, 5.74) is 0.585. The molecule has 114 valence electrons. The Bertz CT molecular complexity index is 542. The average Bonchev–Trinajstić information content (AvgIpc) is 2.47. The van der Waals surface area contributed by atoms with E-state index in [4.69, 9.17) is 16.7 Å². The van der Waals surface area contributed by atoms with Gasteiger partial charge in [-0.1, -0.05) is 11.6 Å². The van der Waals surface area contributed by atoms with Crippen LogP contribution in [0, 0.1) is 15.4 Å². The number of nitrogens with one attached hydrogen (secondary N) is 1. The van der Waals surface area contributed by atoms with Crippen LogP contribution < -0.4 is 5.32 Å². The average molecular weight is 422 g/mol. The summed E-state index contributed by atoms with van der Waals surface area (Å²) >= 11 is 8.03. The third-order valence-corrected chi connectivity index (χ3v) is 5.10. The summed E-state index contributed by atoms with van der Waals surface area (Å²) in [4.78, 5) is 23.1. The van der Waals surface area contributed by atoms with Crippen molar-refractivity contribution in [3.05, 3.63) is 32.4 Å². The molecular formula is C15H17ClINO3. The summed E-state index contributed by atoms with van der Waals surface area (Å²) in [5, 5.41) is 12.4. The Labute approximate surface area is 142 Å². The Hall–Kier alpha value is -0.820. The zero-order chi connectivity index (χ0) is 15.4. The van der Waals surface area contributed by atoms with E-state index >= 15 is 0 Å². The Balaban J connectivity index is 1.85. The van der Waals surface area contributed by atoms with E-state index in [0.717, 1.165) is 16.4 Å². The fraction of sp³-hybridized carbons (Fsp3) is 0.467. The summed E-state index contributed by atoms with van der Waals surface area (Å²) in [6.07, 6.45) is 3.10. The quantitative estimate of drug-likeness (QED) is 0.731. The lowest BCUT2D eigenvalue weighted by Crippen LogP contribution is -2.32. The van der Waals surface area contributed by atoms with Crippen LogP contribution in [0.25, 0.3) is 0 Å². The van der Waals surface area contributed by atoms with Gasteiger partial charge in [0.15, 0.2) is 0 Å². The molecule has 0 spiro atoms. The number of benzene rings is 1. The van der Waals surface area contributed by atoms with E-state index in [2.05, 4.69) is 27.9 Å². The Morgan fingerprint density at radius 2 is 1.95 bits per heavy atom. The van der Waals surface area contributed by atoms with Gasteiger partial charge in [0.25, 0.3) is 5.91 Å². The van der Waals surface area contributed by atoms with Crippen LogP contribution in [0.15, 0.2) is 18.2 Å². The molecule has 0 aromatic heterocycles. The maximum absolute atomic E-state index is 12.2. The molecule has 2 N–H and O–H groups in total. The molecule has 1 amide bonds. The van der Waals surface area contributed by atoms with E-state index in [9.17, 15) is 9.59 Å². The second-order valence-corrected chi connectivity index (χ2v) is 6.99. The number of halogens is 2. The second-order valence-electron chi connectivity index (χ2n) is 5.39. The van der Waals surface area contributed by atoms with Gasteiger partial charge < -0.3 is 10.4 Å². The van der Waals surface area contributed by atoms with Crippen molar-refractivity contribution in [2.45, 2.75) is 25.7 Å². The van der Waals surface area contributed by atoms with Crippen LogP contribution in [0.1, 0.15) is 36.0 Å². The van der Waals surface area contributed by atoms with Crippen molar-refractivity contribution in [1.29, 1.82) is 0 Å². The molecule has 1 aliphatic carbocycles. The lowest BCUT2D eigenvalue weighted by molar-refractivity contribution is -0.143. The number of carboxylic acid groups (broad SMARTS) is 1. The van der Waals surface area contributed by atoms with Gasteiger partial charge in [-0.25, -0.2) is 0 Å². The molecule has 0 saturated heterocycles. The fourth-order valence-corrected chi connectivity index (χ4v) is 3.37. The van der Waals surface area contributed by atoms with Crippen LogP contribution >= 0.6 is 34.2 Å². The molecule has 0 unspecified atom stereocenters. The van der Waals surface area contributed by atoms with Crippen LogP contribution in [0.2, 0.25) is 5.02 Å². The van der Waals surface area contributed by atoms with E-state index in [1.165, 1.54) is 0 Å². The fourth-order valence-electron chi connectivity index (χ4n) is 2.62. The van der Waals surface area contributed by atoms with Gasteiger partial charge >= 0.3 is 5.97 Å². The van der Waals surface area contributed by atoms with Crippen LogP contribution in [-0.2, 0) is 4.79 Å². The molecule has 0 bridgehead atoms. The van der Waals surface area contributed by atoms with Gasteiger partial charge in [-0.05, 0) is 72.4 Å². The van der Waals surface area contributed by atoms with Gasteiger partial charge in [0.1, 0.15) is 0 Å². The van der Waals surface area contributed by atoms with E-state index in [-0.39, 0.29) is 11.8 Å². The molecule has 21 heavy (non-hydrogen) atoms. The molecular weight excluding hydrogens is 405 g/mol. The number of aliphatic carboxylic acids is 1. The van der Waals surface area contributed by atoms with Gasteiger partial charge in [-0.2, -0.15) is 0 Å². The first-order valence-corrected chi connectivity index (χ1v) is 8.39. The molecule has 1 fully saturated rings. The van der Waals surface area contributed by atoms with Gasteiger partial charge in [-0.3, -0.25) is 9.59 Å². The first-order valence-electron chi connectivity index (χ1n) is 6.93. The molecule has 1 aromatic rings. The van der Waals surface area contributed by atoms with Crippen LogP contribution in [0.4, 0.5) is 0 Å². The molecule has 4 nitrogen and oxygen atoms in total. The van der Waals surface area contributed by atoms with Gasteiger partial charge in [-0.15, -0.1) is 0 Å². The smallest absolute Gasteiger partial charge is 0.306 e. The molecule has 2 rings (SSSR count). The topological polar surface area (TPSA) is 66.4 Å². The Kier molecular flexibility index (Phi) is 5.87. The number of rotatable bonds is 4. The lowest BCUT2D eigenvalue weighted by atomic mass is 9.82. The highest BCUT2D eigenvalue weighted by molar-refractivity contribution is 14.1. The van der Waals surface area contributed by atoms with Crippen LogP contribution in [-0.4, -0.2) is 23.5 Å². The minimum absolute atomic E-state index is 0.123. The molecule has 1 aromatic carbocycles. The summed E-state index contributed by atoms with van der Waals surface area (Å²) in [5.74, 6) is -0.680.